The van der Waals surface area contributed by atoms with E-state index in [4.69, 9.17) is 0 Å². The molecule has 0 saturated heterocycles. The van der Waals surface area contributed by atoms with Crippen molar-refractivity contribution in [3.05, 3.63) is 52.5 Å². The highest BCUT2D eigenvalue weighted by Crippen LogP contribution is 2.60. The van der Waals surface area contributed by atoms with Gasteiger partial charge in [-0.25, -0.2) is 9.97 Å². The van der Waals surface area contributed by atoms with Crippen LogP contribution in [-0.2, 0) is 30.5 Å². The Labute approximate surface area is 263 Å². The number of amides is 4. The van der Waals surface area contributed by atoms with E-state index in [1.807, 2.05) is 0 Å². The molecule has 2 aromatic rings. The molecule has 4 bridgehead atoms. The van der Waals surface area contributed by atoms with Crippen LogP contribution in [-0.4, -0.2) is 74.2 Å². The normalized spacial score (nSPS) is 24.8. The van der Waals surface area contributed by atoms with Crippen LogP contribution in [0.1, 0.15) is 61.0 Å². The number of Topliss-reactive ketones (excluding diaryl/α,β-unsaturated/α-hetero) is 1. The summed E-state index contributed by atoms with van der Waals surface area (Å²) < 4.78 is 1.15. The molecule has 2 heterocycles. The zero-order chi connectivity index (χ0) is 33.2. The molecule has 6 rings (SSSR count). The van der Waals surface area contributed by atoms with Gasteiger partial charge in [-0.3, -0.25) is 33.6 Å². The van der Waals surface area contributed by atoms with Crippen LogP contribution >= 0.6 is 0 Å². The number of nitrogens with zero attached hydrogens (tertiary/aromatic N) is 3. The summed E-state index contributed by atoms with van der Waals surface area (Å²) >= 11 is 0. The van der Waals surface area contributed by atoms with Crippen LogP contribution in [0.15, 0.2) is 35.6 Å². The minimum absolute atomic E-state index is 0.0716. The average Bonchev–Trinajstić information content (AvgIpc) is 3.02. The van der Waals surface area contributed by atoms with Gasteiger partial charge in [0.05, 0.1) is 16.7 Å². The van der Waals surface area contributed by atoms with E-state index in [-0.39, 0.29) is 48.5 Å². The molecule has 5 N–H and O–H groups in total. The highest BCUT2D eigenvalue weighted by atomic mass is 16.4. The Morgan fingerprint density at radius 1 is 1.11 bits per heavy atom. The van der Waals surface area contributed by atoms with Crippen molar-refractivity contribution in [2.75, 3.05) is 12.4 Å². The molecule has 2 aromatic heterocycles. The molecule has 2 unspecified atom stereocenters. The maximum atomic E-state index is 13.3. The number of carbonyl (C=O) groups excluding carboxylic acids is 5. The predicted molar refractivity (Wildman–Crippen MR) is 161 cm³/mol. The van der Waals surface area contributed by atoms with E-state index in [9.17, 15) is 38.7 Å². The van der Waals surface area contributed by atoms with Crippen LogP contribution in [0, 0.1) is 30.1 Å². The van der Waals surface area contributed by atoms with Gasteiger partial charge in [-0.15, -0.1) is 0 Å². The standard InChI is InChI=1S/C31H37N7O8/c1-16-20(13-33-15-34-16)26(41)35-21(5-6-23(39)28(43)32-2)27(42)36-22-4-3-7-38(29(22)44)14-24(40)37-25-18-8-17-9-19(25)12-31(10-17,11-18)30(45)46/h3-4,7,13,15,17-19,21,25H,5-6,8-12,14H2,1-2H3,(H,32,43)(H,35,41)(H,36,42)(H,37,40)(H,45,46)/t17?,18?,19?,21-,25?,31?/m0/s1. The van der Waals surface area contributed by atoms with Gasteiger partial charge in [0, 0.05) is 31.9 Å². The largest absolute Gasteiger partial charge is 0.481 e. The molecule has 4 aliphatic carbocycles. The number of likely N-dealkylation sites (N-methyl/N-ethyl adjacent to an activating group) is 1. The van der Waals surface area contributed by atoms with E-state index in [2.05, 4.69) is 31.2 Å². The van der Waals surface area contributed by atoms with Crippen molar-refractivity contribution < 1.29 is 33.9 Å². The Morgan fingerprint density at radius 2 is 1.83 bits per heavy atom. The Hall–Kier alpha value is -4.95. The van der Waals surface area contributed by atoms with E-state index in [0.29, 0.717) is 30.9 Å². The number of carbonyl (C=O) groups is 6. The molecule has 4 fully saturated rings. The number of anilines is 1. The number of nitrogens with one attached hydrogen (secondary N) is 4. The Kier molecular flexibility index (Phi) is 9.30. The maximum Gasteiger partial charge on any atom is 0.309 e. The Bertz CT molecular complexity index is 1620. The van der Waals surface area contributed by atoms with Gasteiger partial charge in [0.25, 0.3) is 17.4 Å². The van der Waals surface area contributed by atoms with Crippen molar-refractivity contribution in [2.45, 2.75) is 70.5 Å². The van der Waals surface area contributed by atoms with Crippen molar-refractivity contribution in [2.24, 2.45) is 23.2 Å². The predicted octanol–water partition coefficient (Wildman–Crippen LogP) is 0.175. The van der Waals surface area contributed by atoms with Gasteiger partial charge in [-0.1, -0.05) is 0 Å². The van der Waals surface area contributed by atoms with Gasteiger partial charge in [-0.2, -0.15) is 0 Å². The molecule has 0 radical (unpaired) electrons. The number of rotatable bonds is 12. The van der Waals surface area contributed by atoms with Crippen LogP contribution in [0.4, 0.5) is 5.69 Å². The third kappa shape index (κ3) is 6.67. The number of pyridine rings is 1. The molecular weight excluding hydrogens is 598 g/mol. The summed E-state index contributed by atoms with van der Waals surface area (Å²) in [5, 5.41) is 20.2. The smallest absolute Gasteiger partial charge is 0.309 e. The van der Waals surface area contributed by atoms with Gasteiger partial charge in [0.1, 0.15) is 24.6 Å². The lowest BCUT2D eigenvalue weighted by molar-refractivity contribution is -0.167. The van der Waals surface area contributed by atoms with Crippen molar-refractivity contribution in [1.29, 1.82) is 0 Å². The van der Waals surface area contributed by atoms with Gasteiger partial charge in [0.2, 0.25) is 17.6 Å². The summed E-state index contributed by atoms with van der Waals surface area (Å²) in [5.74, 6) is -3.80. The first-order valence-electron chi connectivity index (χ1n) is 15.3. The molecule has 4 amide bonds. The number of aliphatic carboxylic acids is 1. The SMILES string of the molecule is CNC(=O)C(=O)CC[C@H](NC(=O)c1cncnc1C)C(=O)Nc1cccn(CC(=O)NC2C3CC4CC2CC(C(=O)O)(C4)C3)c1=O. The molecule has 15 nitrogen and oxygen atoms in total. The first-order valence-corrected chi connectivity index (χ1v) is 15.3. The number of carboxylic acid groups (broad SMARTS) is 1. The Morgan fingerprint density at radius 3 is 2.48 bits per heavy atom. The van der Waals surface area contributed by atoms with Crippen LogP contribution in [0.25, 0.3) is 0 Å². The zero-order valence-corrected chi connectivity index (χ0v) is 25.6. The van der Waals surface area contributed by atoms with Crippen molar-refractivity contribution in [3.63, 3.8) is 0 Å². The number of aromatic nitrogens is 3. The molecule has 4 aliphatic rings. The number of aryl methyl sites for hydroxylation is 1. The number of carboxylic acids is 1. The minimum atomic E-state index is -1.32. The van der Waals surface area contributed by atoms with Gasteiger partial charge in [0.15, 0.2) is 0 Å². The molecule has 0 aromatic carbocycles. The molecule has 3 atom stereocenters. The van der Waals surface area contributed by atoms with Crippen molar-refractivity contribution in [3.8, 4) is 0 Å². The molecule has 46 heavy (non-hydrogen) atoms. The quantitative estimate of drug-likeness (QED) is 0.199. The Balaban J connectivity index is 1.26. The van der Waals surface area contributed by atoms with E-state index >= 15 is 0 Å². The number of hydrogen-bond acceptors (Lipinski definition) is 9. The highest BCUT2D eigenvalue weighted by Gasteiger charge is 2.58. The molecule has 15 heteroatoms. The topological polar surface area (TPSA) is 219 Å². The summed E-state index contributed by atoms with van der Waals surface area (Å²) in [7, 11) is 1.29. The van der Waals surface area contributed by atoms with E-state index in [1.54, 1.807) is 6.92 Å². The summed E-state index contributed by atoms with van der Waals surface area (Å²) in [5.41, 5.74) is -1.08. The second-order valence-electron chi connectivity index (χ2n) is 12.6. The lowest BCUT2D eigenvalue weighted by Crippen LogP contribution is -2.61. The lowest BCUT2D eigenvalue weighted by atomic mass is 9.48. The molecule has 0 spiro atoms. The van der Waals surface area contributed by atoms with Gasteiger partial charge >= 0.3 is 5.97 Å². The van der Waals surface area contributed by atoms with Gasteiger partial charge in [-0.05, 0) is 75.3 Å². The van der Waals surface area contributed by atoms with E-state index < -0.39 is 52.4 Å². The zero-order valence-electron chi connectivity index (χ0n) is 25.6. The fourth-order valence-electron chi connectivity index (χ4n) is 7.53. The summed E-state index contributed by atoms with van der Waals surface area (Å²) in [4.78, 5) is 96.4. The number of ketones is 1. The monoisotopic (exact) mass is 635 g/mol. The van der Waals surface area contributed by atoms with E-state index in [0.717, 1.165) is 17.4 Å². The molecular formula is C31H37N7O8. The van der Waals surface area contributed by atoms with E-state index in [1.165, 1.54) is 37.9 Å². The molecule has 0 aliphatic heterocycles. The summed E-state index contributed by atoms with van der Waals surface area (Å²) in [6.07, 6.45) is 6.85. The maximum absolute atomic E-state index is 13.3. The first-order chi connectivity index (χ1) is 21.9. The summed E-state index contributed by atoms with van der Waals surface area (Å²) in [6, 6.07) is 1.36. The fraction of sp³-hybridized carbons (Fsp3) is 0.516. The van der Waals surface area contributed by atoms with Crippen LogP contribution in [0.3, 0.4) is 0 Å². The second-order valence-corrected chi connectivity index (χ2v) is 12.6. The summed E-state index contributed by atoms with van der Waals surface area (Å²) in [6.45, 7) is 1.26. The third-order valence-corrected chi connectivity index (χ3v) is 9.56. The third-order valence-electron chi connectivity index (χ3n) is 9.56. The van der Waals surface area contributed by atoms with Crippen LogP contribution in [0.5, 0.6) is 0 Å². The second kappa shape index (κ2) is 13.2. The van der Waals surface area contributed by atoms with Crippen LogP contribution in [0.2, 0.25) is 0 Å². The van der Waals surface area contributed by atoms with Crippen molar-refractivity contribution >= 4 is 41.1 Å². The minimum Gasteiger partial charge on any atom is -0.481 e. The highest BCUT2D eigenvalue weighted by molar-refractivity contribution is 6.36. The number of hydrogen-bond donors (Lipinski definition) is 5. The molecule has 4 saturated carbocycles. The first kappa shape index (κ1) is 32.4. The lowest BCUT2D eigenvalue weighted by Gasteiger charge is -2.58. The van der Waals surface area contributed by atoms with Crippen molar-refractivity contribution in [1.82, 2.24) is 30.5 Å². The molecule has 244 valence electrons. The average molecular weight is 636 g/mol. The van der Waals surface area contributed by atoms with Crippen LogP contribution < -0.4 is 26.8 Å². The van der Waals surface area contributed by atoms with Gasteiger partial charge < -0.3 is 30.9 Å². The fourth-order valence-corrected chi connectivity index (χ4v) is 7.53.